The minimum atomic E-state index is -1.89. The largest absolute Gasteiger partial charge is 0.465 e. The van der Waals surface area contributed by atoms with Crippen LogP contribution in [0.3, 0.4) is 0 Å². The highest BCUT2D eigenvalue weighted by Gasteiger charge is 2.40. The van der Waals surface area contributed by atoms with Crippen molar-refractivity contribution in [2.45, 2.75) is 69.5 Å². The van der Waals surface area contributed by atoms with Gasteiger partial charge in [0.15, 0.2) is 8.32 Å². The van der Waals surface area contributed by atoms with Crippen molar-refractivity contribution in [2.24, 2.45) is 0 Å². The molecule has 1 amide bonds. The summed E-state index contributed by atoms with van der Waals surface area (Å²) in [7, 11) is -1.89. The van der Waals surface area contributed by atoms with E-state index in [1.165, 1.54) is 17.8 Å². The van der Waals surface area contributed by atoms with Gasteiger partial charge in [0.1, 0.15) is 5.82 Å². The Kier molecular flexibility index (Phi) is 9.87. The standard InChI is InChI=1S/C21H32BrFN2O3SSi/c1-20(2,3)30(5,6)28-12-7-8-18(29-13-11-24)21(4,25-19(26)27)16-14-15(22)9-10-17(16)23/h9-10,14,18,25H,7-8,12-13H2,1-6H3,(H,26,27). The van der Waals surface area contributed by atoms with E-state index in [2.05, 4.69) is 61.2 Å². The number of hydrogen-bond acceptors (Lipinski definition) is 4. The number of nitrogens with one attached hydrogen (secondary N) is 1. The van der Waals surface area contributed by atoms with Gasteiger partial charge in [-0.3, -0.25) is 0 Å². The maximum atomic E-state index is 14.7. The van der Waals surface area contributed by atoms with Gasteiger partial charge >= 0.3 is 6.09 Å². The summed E-state index contributed by atoms with van der Waals surface area (Å²) < 4.78 is 21.6. The molecule has 2 unspecified atom stereocenters. The van der Waals surface area contributed by atoms with Crippen LogP contribution < -0.4 is 5.32 Å². The molecule has 2 N–H and O–H groups in total. The molecule has 0 aliphatic heterocycles. The van der Waals surface area contributed by atoms with Crippen molar-refractivity contribution >= 4 is 42.1 Å². The predicted octanol–water partition coefficient (Wildman–Crippen LogP) is 6.50. The molecule has 5 nitrogen and oxygen atoms in total. The molecule has 0 spiro atoms. The summed E-state index contributed by atoms with van der Waals surface area (Å²) in [5, 5.41) is 20.8. The molecule has 2 atom stereocenters. The van der Waals surface area contributed by atoms with Crippen LogP contribution in [-0.4, -0.2) is 37.1 Å². The zero-order chi connectivity index (χ0) is 23.2. The van der Waals surface area contributed by atoms with Crippen molar-refractivity contribution in [1.29, 1.82) is 5.26 Å². The van der Waals surface area contributed by atoms with E-state index in [0.717, 1.165) is 0 Å². The van der Waals surface area contributed by atoms with E-state index in [4.69, 9.17) is 9.69 Å². The number of thioether (sulfide) groups is 1. The van der Waals surface area contributed by atoms with Crippen molar-refractivity contribution in [1.82, 2.24) is 5.32 Å². The highest BCUT2D eigenvalue weighted by molar-refractivity contribution is 9.10. The molecular formula is C21H32BrFN2O3SSi. The average Bonchev–Trinajstić information content (AvgIpc) is 2.61. The van der Waals surface area contributed by atoms with Crippen molar-refractivity contribution < 1.29 is 18.7 Å². The Morgan fingerprint density at radius 3 is 2.57 bits per heavy atom. The van der Waals surface area contributed by atoms with Gasteiger partial charge in [0.25, 0.3) is 0 Å². The van der Waals surface area contributed by atoms with Gasteiger partial charge in [-0.2, -0.15) is 5.26 Å². The molecule has 0 fully saturated rings. The second-order valence-electron chi connectivity index (χ2n) is 8.97. The third kappa shape index (κ3) is 7.26. The first-order chi connectivity index (χ1) is 13.7. The Morgan fingerprint density at radius 1 is 1.40 bits per heavy atom. The molecule has 1 rings (SSSR count). The summed E-state index contributed by atoms with van der Waals surface area (Å²) in [5.41, 5.74) is -0.960. The first-order valence-electron chi connectivity index (χ1n) is 9.83. The molecule has 1 aromatic rings. The molecule has 168 valence electrons. The molecule has 0 aliphatic carbocycles. The monoisotopic (exact) mass is 518 g/mol. The van der Waals surface area contributed by atoms with Crippen LogP contribution >= 0.6 is 27.7 Å². The van der Waals surface area contributed by atoms with E-state index in [0.29, 0.717) is 23.9 Å². The SMILES string of the molecule is CC(NC(=O)O)(c1cc(Br)ccc1F)C(CCCO[Si](C)(C)C(C)(C)C)SCC#N. The zero-order valence-corrected chi connectivity index (χ0v) is 21.9. The molecule has 9 heteroatoms. The van der Waals surface area contributed by atoms with Crippen LogP contribution in [-0.2, 0) is 9.96 Å². The van der Waals surface area contributed by atoms with Gasteiger partial charge in [-0.25, -0.2) is 9.18 Å². The molecule has 0 saturated heterocycles. The summed E-state index contributed by atoms with van der Waals surface area (Å²) in [6, 6.07) is 6.58. The van der Waals surface area contributed by atoms with Crippen molar-refractivity contribution in [2.75, 3.05) is 12.4 Å². The van der Waals surface area contributed by atoms with E-state index in [9.17, 15) is 14.3 Å². The van der Waals surface area contributed by atoms with Gasteiger partial charge in [0, 0.05) is 21.9 Å². The normalized spacial score (nSPS) is 15.2. The summed E-state index contributed by atoms with van der Waals surface area (Å²) in [4.78, 5) is 11.6. The maximum Gasteiger partial charge on any atom is 0.405 e. The Labute approximate surface area is 193 Å². The number of hydrogen-bond donors (Lipinski definition) is 2. The molecule has 0 aromatic heterocycles. The highest BCUT2D eigenvalue weighted by Crippen LogP contribution is 2.39. The number of benzene rings is 1. The average molecular weight is 520 g/mol. The fourth-order valence-corrected chi connectivity index (χ4v) is 5.51. The Morgan fingerprint density at radius 2 is 2.03 bits per heavy atom. The van der Waals surface area contributed by atoms with Crippen LogP contribution in [0, 0.1) is 17.1 Å². The quantitative estimate of drug-likeness (QED) is 0.272. The van der Waals surface area contributed by atoms with Crippen LogP contribution in [0.5, 0.6) is 0 Å². The van der Waals surface area contributed by atoms with Gasteiger partial charge in [0.2, 0.25) is 0 Å². The summed E-state index contributed by atoms with van der Waals surface area (Å²) >= 11 is 4.67. The van der Waals surface area contributed by atoms with Gasteiger partial charge in [-0.05, 0) is 56.1 Å². The van der Waals surface area contributed by atoms with Crippen molar-refractivity contribution in [3.05, 3.63) is 34.1 Å². The fraction of sp³-hybridized carbons (Fsp3) is 0.619. The molecule has 0 heterocycles. The summed E-state index contributed by atoms with van der Waals surface area (Å²) in [6.45, 7) is 13.1. The first-order valence-corrected chi connectivity index (χ1v) is 14.6. The lowest BCUT2D eigenvalue weighted by Crippen LogP contribution is -2.51. The number of nitriles is 1. The van der Waals surface area contributed by atoms with Gasteiger partial charge < -0.3 is 14.8 Å². The van der Waals surface area contributed by atoms with E-state index in [1.54, 1.807) is 19.1 Å². The van der Waals surface area contributed by atoms with Crippen LogP contribution in [0.15, 0.2) is 22.7 Å². The first kappa shape index (κ1) is 27.0. The molecule has 0 bridgehead atoms. The number of halogens is 2. The number of rotatable bonds is 10. The maximum absolute atomic E-state index is 14.7. The summed E-state index contributed by atoms with van der Waals surface area (Å²) in [6.07, 6.45) is 0.0168. The second kappa shape index (κ2) is 11.0. The van der Waals surface area contributed by atoms with Crippen molar-refractivity contribution in [3.63, 3.8) is 0 Å². The van der Waals surface area contributed by atoms with Gasteiger partial charge in [0.05, 0.1) is 17.4 Å². The molecular weight excluding hydrogens is 487 g/mol. The van der Waals surface area contributed by atoms with E-state index in [-0.39, 0.29) is 21.6 Å². The smallest absolute Gasteiger partial charge is 0.405 e. The third-order valence-electron chi connectivity index (χ3n) is 5.73. The Bertz CT molecular complexity index is 782. The second-order valence-corrected chi connectivity index (χ2v) is 15.9. The van der Waals surface area contributed by atoms with E-state index < -0.39 is 25.8 Å². The van der Waals surface area contributed by atoms with Crippen LogP contribution in [0.25, 0.3) is 0 Å². The zero-order valence-electron chi connectivity index (χ0n) is 18.5. The van der Waals surface area contributed by atoms with Crippen LogP contribution in [0.2, 0.25) is 18.1 Å². The van der Waals surface area contributed by atoms with E-state index >= 15 is 0 Å². The van der Waals surface area contributed by atoms with Gasteiger partial charge in [-0.15, -0.1) is 11.8 Å². The molecule has 0 aliphatic rings. The summed E-state index contributed by atoms with van der Waals surface area (Å²) in [5.74, 6) is -0.310. The highest BCUT2D eigenvalue weighted by atomic mass is 79.9. The van der Waals surface area contributed by atoms with Crippen molar-refractivity contribution in [3.8, 4) is 6.07 Å². The van der Waals surface area contributed by atoms with E-state index in [1.807, 2.05) is 0 Å². The molecule has 30 heavy (non-hydrogen) atoms. The topological polar surface area (TPSA) is 82.3 Å². The number of amides is 1. The lowest BCUT2D eigenvalue weighted by atomic mass is 9.85. The predicted molar refractivity (Wildman–Crippen MR) is 127 cm³/mol. The van der Waals surface area contributed by atoms with Crippen LogP contribution in [0.1, 0.15) is 46.1 Å². The molecule has 0 saturated carbocycles. The molecule has 1 aromatic carbocycles. The van der Waals surface area contributed by atoms with Crippen LogP contribution in [0.4, 0.5) is 9.18 Å². The lowest BCUT2D eigenvalue weighted by Gasteiger charge is -2.39. The molecule has 0 radical (unpaired) electrons. The van der Waals surface area contributed by atoms with Gasteiger partial charge in [-0.1, -0.05) is 36.7 Å². The number of carboxylic acid groups (broad SMARTS) is 1. The minimum absolute atomic E-state index is 0.0980. The number of nitrogens with zero attached hydrogens (tertiary/aromatic N) is 1. The number of carbonyl (C=O) groups is 1. The third-order valence-corrected chi connectivity index (χ3v) is 12.2. The fourth-order valence-electron chi connectivity index (χ4n) is 2.93. The Balaban J connectivity index is 3.12. The lowest BCUT2D eigenvalue weighted by molar-refractivity contribution is 0.176. The minimum Gasteiger partial charge on any atom is -0.465 e. The Hall–Kier alpha value is -1.08.